The second-order valence-corrected chi connectivity index (χ2v) is 6.62. The summed E-state index contributed by atoms with van der Waals surface area (Å²) < 4.78 is 39.3. The molecule has 0 spiro atoms. The molecular weight excluding hydrogens is 341 g/mol. The topological polar surface area (TPSA) is 55.1 Å². The molecular formula is C17H24ClF3N2O. The second-order valence-electron chi connectivity index (χ2n) is 6.62. The van der Waals surface area contributed by atoms with Crippen molar-refractivity contribution in [2.45, 2.75) is 57.3 Å². The minimum Gasteiger partial charge on any atom is -0.349 e. The Morgan fingerprint density at radius 1 is 1.33 bits per heavy atom. The van der Waals surface area contributed by atoms with E-state index in [1.165, 1.54) is 12.1 Å². The number of halogens is 4. The van der Waals surface area contributed by atoms with Crippen LogP contribution in [0.4, 0.5) is 13.2 Å². The summed E-state index contributed by atoms with van der Waals surface area (Å²) in [6.45, 7) is 3.41. The average molecular weight is 365 g/mol. The van der Waals surface area contributed by atoms with Gasteiger partial charge in [-0.1, -0.05) is 31.0 Å². The number of amides is 1. The van der Waals surface area contributed by atoms with Crippen molar-refractivity contribution < 1.29 is 18.0 Å². The van der Waals surface area contributed by atoms with E-state index in [1.54, 1.807) is 13.0 Å². The van der Waals surface area contributed by atoms with Crippen molar-refractivity contribution in [3.05, 3.63) is 35.4 Å². The third kappa shape index (κ3) is 4.63. The number of hydrogen-bond acceptors (Lipinski definition) is 2. The third-order valence-corrected chi connectivity index (χ3v) is 4.66. The molecule has 1 fully saturated rings. The lowest BCUT2D eigenvalue weighted by Crippen LogP contribution is -2.53. The number of nitrogens with one attached hydrogen (secondary N) is 1. The fourth-order valence-electron chi connectivity index (χ4n) is 3.31. The van der Waals surface area contributed by atoms with Crippen molar-refractivity contribution in [2.24, 2.45) is 11.7 Å². The van der Waals surface area contributed by atoms with Crippen LogP contribution in [0.2, 0.25) is 0 Å². The summed E-state index contributed by atoms with van der Waals surface area (Å²) in [5.41, 5.74) is 4.95. The van der Waals surface area contributed by atoms with E-state index >= 15 is 0 Å². The minimum absolute atomic E-state index is 0. The van der Waals surface area contributed by atoms with E-state index in [0.29, 0.717) is 6.42 Å². The van der Waals surface area contributed by atoms with Crippen molar-refractivity contribution in [3.8, 4) is 0 Å². The Morgan fingerprint density at radius 2 is 1.96 bits per heavy atom. The highest BCUT2D eigenvalue weighted by molar-refractivity contribution is 5.85. The molecule has 3 atom stereocenters. The summed E-state index contributed by atoms with van der Waals surface area (Å²) in [4.78, 5) is 12.5. The van der Waals surface area contributed by atoms with E-state index in [0.717, 1.165) is 25.3 Å². The number of carbonyl (C=O) groups excluding carboxylic acids is 1. The average Bonchev–Trinajstić information content (AvgIpc) is 2.45. The minimum atomic E-state index is -4.44. The Labute approximate surface area is 146 Å². The Kier molecular flexibility index (Phi) is 6.70. The predicted molar refractivity (Wildman–Crippen MR) is 89.8 cm³/mol. The van der Waals surface area contributed by atoms with Crippen molar-refractivity contribution >= 4 is 18.3 Å². The zero-order valence-corrected chi connectivity index (χ0v) is 14.6. The van der Waals surface area contributed by atoms with Gasteiger partial charge in [0, 0.05) is 5.54 Å². The zero-order chi connectivity index (χ0) is 17.3. The van der Waals surface area contributed by atoms with E-state index in [2.05, 4.69) is 5.32 Å². The van der Waals surface area contributed by atoms with Gasteiger partial charge < -0.3 is 11.1 Å². The van der Waals surface area contributed by atoms with Gasteiger partial charge >= 0.3 is 6.18 Å². The molecule has 1 aromatic carbocycles. The molecule has 3 N–H and O–H groups in total. The summed E-state index contributed by atoms with van der Waals surface area (Å²) >= 11 is 0. The molecule has 0 radical (unpaired) electrons. The molecule has 1 aliphatic rings. The van der Waals surface area contributed by atoms with Crippen molar-refractivity contribution in [1.29, 1.82) is 0 Å². The first-order valence-corrected chi connectivity index (χ1v) is 7.88. The van der Waals surface area contributed by atoms with E-state index in [-0.39, 0.29) is 29.8 Å². The number of benzene rings is 1. The molecule has 136 valence electrons. The fourth-order valence-corrected chi connectivity index (χ4v) is 3.31. The number of alkyl halides is 3. The number of hydrogen-bond donors (Lipinski definition) is 2. The van der Waals surface area contributed by atoms with Gasteiger partial charge in [0.05, 0.1) is 17.5 Å². The maximum absolute atomic E-state index is 13.1. The molecule has 0 aromatic heterocycles. The fraction of sp³-hybridized carbons (Fsp3) is 0.588. The van der Waals surface area contributed by atoms with Crippen LogP contribution in [0.3, 0.4) is 0 Å². The SMILES string of the molecule is CC(NC(=O)C1CCCCC1(C)N)c1ccccc1C(F)(F)F.Cl. The highest BCUT2D eigenvalue weighted by Gasteiger charge is 2.39. The van der Waals surface area contributed by atoms with Gasteiger partial charge in [-0.15, -0.1) is 12.4 Å². The van der Waals surface area contributed by atoms with Crippen LogP contribution in [-0.4, -0.2) is 11.4 Å². The molecule has 0 aliphatic heterocycles. The molecule has 1 aromatic rings. The van der Waals surface area contributed by atoms with E-state index < -0.39 is 23.3 Å². The van der Waals surface area contributed by atoms with E-state index in [9.17, 15) is 18.0 Å². The lowest BCUT2D eigenvalue weighted by Gasteiger charge is -2.37. The summed E-state index contributed by atoms with van der Waals surface area (Å²) in [6.07, 6.45) is -1.13. The van der Waals surface area contributed by atoms with E-state index in [4.69, 9.17) is 5.73 Å². The number of carbonyl (C=O) groups is 1. The molecule has 1 amide bonds. The monoisotopic (exact) mass is 364 g/mol. The maximum atomic E-state index is 13.1. The van der Waals surface area contributed by atoms with Crippen LogP contribution < -0.4 is 11.1 Å². The quantitative estimate of drug-likeness (QED) is 0.844. The van der Waals surface area contributed by atoms with Crippen LogP contribution in [-0.2, 0) is 11.0 Å². The first-order chi connectivity index (χ1) is 10.6. The van der Waals surface area contributed by atoms with Gasteiger partial charge in [0.2, 0.25) is 5.91 Å². The van der Waals surface area contributed by atoms with E-state index in [1.807, 2.05) is 6.92 Å². The number of rotatable bonds is 3. The standard InChI is InChI=1S/C17H23F3N2O.ClH/c1-11(12-7-3-4-8-13(12)17(18,19)20)22-15(23)14-9-5-6-10-16(14,2)21;/h3-4,7-8,11,14H,5-6,9-10,21H2,1-2H3,(H,22,23);1H. The van der Waals surface area contributed by atoms with Crippen LogP contribution >= 0.6 is 12.4 Å². The first kappa shape index (κ1) is 20.8. The largest absolute Gasteiger partial charge is 0.416 e. The molecule has 3 nitrogen and oxygen atoms in total. The van der Waals surface area contributed by atoms with Crippen LogP contribution in [0.25, 0.3) is 0 Å². The van der Waals surface area contributed by atoms with Gasteiger partial charge in [-0.2, -0.15) is 13.2 Å². The van der Waals surface area contributed by atoms with Crippen molar-refractivity contribution in [3.63, 3.8) is 0 Å². The Balaban J connectivity index is 0.00000288. The molecule has 1 aliphatic carbocycles. The van der Waals surface area contributed by atoms with Crippen LogP contribution in [0, 0.1) is 5.92 Å². The van der Waals surface area contributed by atoms with Gasteiger partial charge in [-0.25, -0.2) is 0 Å². The highest BCUT2D eigenvalue weighted by atomic mass is 35.5. The highest BCUT2D eigenvalue weighted by Crippen LogP contribution is 2.35. The molecule has 0 bridgehead atoms. The van der Waals surface area contributed by atoms with Gasteiger partial charge in [0.15, 0.2) is 0 Å². The van der Waals surface area contributed by atoms with Crippen LogP contribution in [0.5, 0.6) is 0 Å². The summed E-state index contributed by atoms with van der Waals surface area (Å²) in [6, 6.07) is 4.60. The number of nitrogens with two attached hydrogens (primary N) is 1. The van der Waals surface area contributed by atoms with Gasteiger partial charge in [0.25, 0.3) is 0 Å². The molecule has 2 rings (SSSR count). The van der Waals surface area contributed by atoms with Crippen molar-refractivity contribution in [2.75, 3.05) is 0 Å². The first-order valence-electron chi connectivity index (χ1n) is 7.88. The molecule has 3 unspecified atom stereocenters. The Hall–Kier alpha value is -1.27. The molecule has 0 saturated heterocycles. The third-order valence-electron chi connectivity index (χ3n) is 4.66. The Bertz CT molecular complexity index is 575. The Morgan fingerprint density at radius 3 is 2.54 bits per heavy atom. The van der Waals surface area contributed by atoms with Gasteiger partial charge in [0.1, 0.15) is 0 Å². The molecule has 0 heterocycles. The lowest BCUT2D eigenvalue weighted by atomic mass is 9.74. The lowest BCUT2D eigenvalue weighted by molar-refractivity contribution is -0.139. The smallest absolute Gasteiger partial charge is 0.349 e. The van der Waals surface area contributed by atoms with Gasteiger partial charge in [-0.3, -0.25) is 4.79 Å². The van der Waals surface area contributed by atoms with Crippen LogP contribution in [0.15, 0.2) is 24.3 Å². The molecule has 24 heavy (non-hydrogen) atoms. The summed E-state index contributed by atoms with van der Waals surface area (Å²) in [5, 5.41) is 2.72. The maximum Gasteiger partial charge on any atom is 0.416 e. The van der Waals surface area contributed by atoms with Gasteiger partial charge in [-0.05, 0) is 38.3 Å². The molecule has 1 saturated carbocycles. The summed E-state index contributed by atoms with van der Waals surface area (Å²) in [5.74, 6) is -0.629. The predicted octanol–water partition coefficient (Wildman–Crippen LogP) is 4.21. The molecule has 7 heteroatoms. The zero-order valence-electron chi connectivity index (χ0n) is 13.8. The van der Waals surface area contributed by atoms with Crippen molar-refractivity contribution in [1.82, 2.24) is 5.32 Å². The van der Waals surface area contributed by atoms with Crippen LogP contribution in [0.1, 0.15) is 56.7 Å². The summed E-state index contributed by atoms with van der Waals surface area (Å²) in [7, 11) is 0. The normalized spacial score (nSPS) is 25.5. The second kappa shape index (κ2) is 7.74.